The summed E-state index contributed by atoms with van der Waals surface area (Å²) in [5.41, 5.74) is 8.17. The van der Waals surface area contributed by atoms with Crippen LogP contribution >= 0.6 is 7.36 Å². The van der Waals surface area contributed by atoms with E-state index < -0.39 is 7.36 Å². The highest BCUT2D eigenvalue weighted by Crippen LogP contribution is 2.70. The third-order valence-electron chi connectivity index (χ3n) is 7.95. The van der Waals surface area contributed by atoms with Gasteiger partial charge < -0.3 is 9.64 Å². The molecular weight excluding hydrogens is 489 g/mol. The minimum absolute atomic E-state index is 0.200. The number of morpholine rings is 1. The lowest BCUT2D eigenvalue weighted by atomic mass is 9.84. The summed E-state index contributed by atoms with van der Waals surface area (Å²) in [6.45, 7) is 12.0. The maximum atomic E-state index is 5.86. The van der Waals surface area contributed by atoms with Gasteiger partial charge in [0.2, 0.25) is 0 Å². The SMILES string of the molecule is Cc1ccc(N=P2(N3CCOCC3)C(=C3N(C)c4ccccc4C3(C)C)C=NN2c2ccccc2)c(C)c1. The van der Waals surface area contributed by atoms with Crippen LogP contribution < -0.4 is 9.68 Å². The number of allylic oxidation sites excluding steroid dienone is 2. The molecule has 3 aromatic rings. The van der Waals surface area contributed by atoms with E-state index in [0.717, 1.165) is 24.5 Å². The molecule has 3 aliphatic heterocycles. The molecule has 0 bridgehead atoms. The van der Waals surface area contributed by atoms with Gasteiger partial charge >= 0.3 is 0 Å². The van der Waals surface area contributed by atoms with Gasteiger partial charge in [-0.3, -0.25) is 0 Å². The summed E-state index contributed by atoms with van der Waals surface area (Å²) in [4.78, 5) is 2.37. The van der Waals surface area contributed by atoms with E-state index in [0.29, 0.717) is 13.2 Å². The van der Waals surface area contributed by atoms with Crippen LogP contribution in [-0.4, -0.2) is 44.2 Å². The van der Waals surface area contributed by atoms with Gasteiger partial charge in [0.05, 0.1) is 36.1 Å². The molecule has 3 aromatic carbocycles. The smallest absolute Gasteiger partial charge is 0.180 e. The number of aryl methyl sites for hydroxylation is 2. The van der Waals surface area contributed by atoms with Crippen molar-refractivity contribution in [2.24, 2.45) is 9.85 Å². The summed E-state index contributed by atoms with van der Waals surface area (Å²) in [7, 11) is -0.401. The highest BCUT2D eigenvalue weighted by molar-refractivity contribution is 7.71. The van der Waals surface area contributed by atoms with Gasteiger partial charge in [-0.2, -0.15) is 5.10 Å². The van der Waals surface area contributed by atoms with E-state index in [4.69, 9.17) is 14.6 Å². The normalized spacial score (nSPS) is 24.7. The Bertz CT molecular complexity index is 1490. The molecule has 1 saturated heterocycles. The second kappa shape index (κ2) is 9.53. The lowest BCUT2D eigenvalue weighted by molar-refractivity contribution is 0.0743. The van der Waals surface area contributed by atoms with E-state index in [1.54, 1.807) is 0 Å². The zero-order chi connectivity index (χ0) is 26.5. The number of anilines is 2. The van der Waals surface area contributed by atoms with Crippen molar-refractivity contribution in [3.63, 3.8) is 0 Å². The van der Waals surface area contributed by atoms with Gasteiger partial charge in [0.1, 0.15) is 0 Å². The number of hydrazone groups is 1. The van der Waals surface area contributed by atoms with Crippen LogP contribution in [0.5, 0.6) is 0 Å². The maximum absolute atomic E-state index is 5.86. The monoisotopic (exact) mass is 525 g/mol. The van der Waals surface area contributed by atoms with Crippen molar-refractivity contribution in [2.75, 3.05) is 43.0 Å². The Labute approximate surface area is 226 Å². The number of benzene rings is 3. The van der Waals surface area contributed by atoms with Gasteiger partial charge in [-0.05, 0) is 49.2 Å². The van der Waals surface area contributed by atoms with Crippen molar-refractivity contribution in [3.05, 3.63) is 100 Å². The minimum Gasteiger partial charge on any atom is -0.379 e. The summed E-state index contributed by atoms with van der Waals surface area (Å²) in [5.74, 6) is 0. The first-order valence-corrected chi connectivity index (χ1v) is 15.0. The van der Waals surface area contributed by atoms with Crippen LogP contribution in [0.4, 0.5) is 17.1 Å². The van der Waals surface area contributed by atoms with Crippen molar-refractivity contribution < 1.29 is 4.74 Å². The Morgan fingerprint density at radius 1 is 0.921 bits per heavy atom. The Balaban J connectivity index is 1.70. The first-order chi connectivity index (χ1) is 18.3. The molecule has 0 radical (unpaired) electrons. The molecule has 0 saturated carbocycles. The topological polar surface area (TPSA) is 43.7 Å². The van der Waals surface area contributed by atoms with Crippen LogP contribution in [0.25, 0.3) is 0 Å². The summed E-state index contributed by atoms with van der Waals surface area (Å²) >= 11 is 0. The van der Waals surface area contributed by atoms with Crippen LogP contribution in [0.2, 0.25) is 0 Å². The van der Waals surface area contributed by atoms with Gasteiger partial charge in [-0.25, -0.2) is 14.2 Å². The van der Waals surface area contributed by atoms with Crippen molar-refractivity contribution in [3.8, 4) is 0 Å². The number of para-hydroxylation sites is 2. The van der Waals surface area contributed by atoms with E-state index in [-0.39, 0.29) is 5.41 Å². The number of hydrogen-bond donors (Lipinski definition) is 0. The molecule has 0 N–H and O–H groups in total. The van der Waals surface area contributed by atoms with Gasteiger partial charge in [-0.1, -0.05) is 67.9 Å². The fourth-order valence-corrected chi connectivity index (χ4v) is 10.0. The van der Waals surface area contributed by atoms with E-state index in [2.05, 4.69) is 128 Å². The molecule has 7 heteroatoms. The van der Waals surface area contributed by atoms with Crippen LogP contribution in [0, 0.1) is 13.8 Å². The molecule has 1 unspecified atom stereocenters. The van der Waals surface area contributed by atoms with Crippen LogP contribution in [0.3, 0.4) is 0 Å². The fraction of sp³-hybridized carbons (Fsp3) is 0.323. The number of nitrogens with zero attached hydrogens (tertiary/aromatic N) is 5. The number of rotatable bonds is 3. The number of likely N-dealkylation sites (N-methyl/N-ethyl adjacent to an activating group) is 1. The highest BCUT2D eigenvalue weighted by atomic mass is 31.2. The molecule has 0 aliphatic carbocycles. The minimum atomic E-state index is -2.60. The van der Waals surface area contributed by atoms with Gasteiger partial charge in [0.25, 0.3) is 0 Å². The highest BCUT2D eigenvalue weighted by Gasteiger charge is 2.50. The zero-order valence-electron chi connectivity index (χ0n) is 22.9. The molecule has 1 fully saturated rings. The van der Waals surface area contributed by atoms with Gasteiger partial charge in [0.15, 0.2) is 7.36 Å². The van der Waals surface area contributed by atoms with E-state index in [9.17, 15) is 0 Å². The van der Waals surface area contributed by atoms with Crippen molar-refractivity contribution in [2.45, 2.75) is 33.1 Å². The lowest BCUT2D eigenvalue weighted by Crippen LogP contribution is -2.38. The summed E-state index contributed by atoms with van der Waals surface area (Å²) in [6.07, 6.45) is 2.10. The maximum Gasteiger partial charge on any atom is 0.180 e. The molecule has 0 spiro atoms. The molecule has 1 atom stereocenters. The predicted molar refractivity (Wildman–Crippen MR) is 160 cm³/mol. The molecular formula is C31H36N5OP. The second-order valence-corrected chi connectivity index (χ2v) is 13.6. The number of ether oxygens (including phenoxy) is 1. The Hall–Kier alpha value is -3.18. The predicted octanol–water partition coefficient (Wildman–Crippen LogP) is 7.44. The number of fused-ring (bicyclic) bond motifs is 1. The zero-order valence-corrected chi connectivity index (χ0v) is 23.8. The largest absolute Gasteiger partial charge is 0.379 e. The van der Waals surface area contributed by atoms with Gasteiger partial charge in [-0.15, -0.1) is 0 Å². The van der Waals surface area contributed by atoms with E-state index >= 15 is 0 Å². The van der Waals surface area contributed by atoms with Crippen molar-refractivity contribution in [1.29, 1.82) is 0 Å². The average molecular weight is 526 g/mol. The first kappa shape index (κ1) is 25.1. The molecule has 0 aromatic heterocycles. The molecule has 6 nitrogen and oxygen atoms in total. The third-order valence-corrected chi connectivity index (χ3v) is 11.5. The van der Waals surface area contributed by atoms with Crippen LogP contribution in [-0.2, 0) is 10.2 Å². The Morgan fingerprint density at radius 3 is 2.34 bits per heavy atom. The molecule has 3 aliphatic rings. The van der Waals surface area contributed by atoms with Gasteiger partial charge in [0, 0.05) is 36.9 Å². The summed E-state index contributed by atoms with van der Waals surface area (Å²) in [6, 6.07) is 25.9. The lowest BCUT2D eigenvalue weighted by Gasteiger charge is -2.43. The van der Waals surface area contributed by atoms with Crippen molar-refractivity contribution >= 4 is 30.6 Å². The van der Waals surface area contributed by atoms with E-state index in [1.807, 2.05) is 0 Å². The average Bonchev–Trinajstić information content (AvgIpc) is 3.39. The molecule has 0 amide bonds. The van der Waals surface area contributed by atoms with Crippen molar-refractivity contribution in [1.82, 2.24) is 4.67 Å². The Morgan fingerprint density at radius 2 is 1.63 bits per heavy atom. The first-order valence-electron chi connectivity index (χ1n) is 13.3. The summed E-state index contributed by atoms with van der Waals surface area (Å²) in [5, 5.41) is 6.38. The molecule has 6 rings (SSSR count). The summed E-state index contributed by atoms with van der Waals surface area (Å²) < 4.78 is 16.4. The standard InChI is InChI=1S/C31H36N5OP/c1-23-15-16-27(24(2)21-23)33-38(35-17-19-37-20-18-35)29(22-32-36(38)25-11-7-6-8-12-25)30-31(3,4)26-13-9-10-14-28(26)34(30)5/h6-16,21-22H,17-20H2,1-5H3. The molecule has 3 heterocycles. The van der Waals surface area contributed by atoms with Crippen LogP contribution in [0.1, 0.15) is 30.5 Å². The second-order valence-electron chi connectivity index (χ2n) is 10.8. The Kier molecular flexibility index (Phi) is 6.30. The quantitative estimate of drug-likeness (QED) is 0.333. The van der Waals surface area contributed by atoms with E-state index in [1.165, 1.54) is 33.4 Å². The fourth-order valence-electron chi connectivity index (χ4n) is 6.14. The third kappa shape index (κ3) is 3.86. The molecule has 196 valence electrons. The number of hydrogen-bond acceptors (Lipinski definition) is 4. The van der Waals surface area contributed by atoms with Crippen LogP contribution in [0.15, 0.2) is 93.7 Å². The molecule has 38 heavy (non-hydrogen) atoms.